The van der Waals surface area contributed by atoms with E-state index in [4.69, 9.17) is 8.74 Å². The van der Waals surface area contributed by atoms with Crippen molar-refractivity contribution in [1.82, 2.24) is 4.57 Å². The topological polar surface area (TPSA) is 123 Å². The number of carboxylic acids is 1. The molecule has 0 fully saturated rings. The van der Waals surface area contributed by atoms with E-state index in [2.05, 4.69) is 0 Å². The van der Waals surface area contributed by atoms with E-state index in [0.717, 1.165) is 4.88 Å². The Labute approximate surface area is 196 Å². The second-order valence-electron chi connectivity index (χ2n) is 7.22. The van der Waals surface area contributed by atoms with Crippen LogP contribution in [0.25, 0.3) is 21.3 Å². The van der Waals surface area contributed by atoms with Gasteiger partial charge in [0.1, 0.15) is 17.2 Å². The van der Waals surface area contributed by atoms with Crippen molar-refractivity contribution in [3.05, 3.63) is 71.2 Å². The van der Waals surface area contributed by atoms with Crippen LogP contribution in [0.1, 0.15) is 11.3 Å². The van der Waals surface area contributed by atoms with Gasteiger partial charge in [0.05, 0.1) is 11.3 Å². The summed E-state index contributed by atoms with van der Waals surface area (Å²) < 4.78 is 53.7. The lowest BCUT2D eigenvalue weighted by molar-refractivity contribution is -0.137. The molecular weight excluding hydrogens is 486 g/mol. The lowest BCUT2D eigenvalue weighted by atomic mass is 10.1. The molecule has 0 aliphatic rings. The molecule has 0 aliphatic carbocycles. The smallest absolute Gasteiger partial charge is 0.341 e. The van der Waals surface area contributed by atoms with Crippen LogP contribution in [0.15, 0.2) is 64.9 Å². The van der Waals surface area contributed by atoms with Gasteiger partial charge in [-0.05, 0) is 42.1 Å². The summed E-state index contributed by atoms with van der Waals surface area (Å²) in [5.74, 6) is -1.15. The first-order valence-corrected chi connectivity index (χ1v) is 13.2. The highest BCUT2D eigenvalue weighted by Crippen LogP contribution is 2.39. The number of nitrogens with zero attached hydrogens (tertiary/aromatic N) is 1. The molecule has 0 amide bonds. The third kappa shape index (κ3) is 4.71. The number of hydrogen-bond donors (Lipinski definition) is 2. The second kappa shape index (κ2) is 9.10. The highest BCUT2D eigenvalue weighted by molar-refractivity contribution is 7.87. The first-order chi connectivity index (χ1) is 15.7. The van der Waals surface area contributed by atoms with Crippen LogP contribution in [-0.4, -0.2) is 32.8 Å². The Morgan fingerprint density at radius 2 is 1.85 bits per heavy atom. The monoisotopic (exact) mass is 505 g/mol. The molecule has 1 unspecified atom stereocenters. The molecule has 4 rings (SSSR count). The zero-order chi connectivity index (χ0) is 23.8. The second-order valence-corrected chi connectivity index (χ2v) is 10.6. The van der Waals surface area contributed by atoms with Crippen molar-refractivity contribution < 1.29 is 31.3 Å². The van der Waals surface area contributed by atoms with Gasteiger partial charge in [0, 0.05) is 21.5 Å². The van der Waals surface area contributed by atoms with Crippen molar-refractivity contribution in [3.8, 4) is 16.2 Å². The van der Waals surface area contributed by atoms with Gasteiger partial charge in [-0.25, -0.2) is 4.21 Å². The summed E-state index contributed by atoms with van der Waals surface area (Å²) in [5.41, 5.74) is 1.94. The first kappa shape index (κ1) is 23.2. The minimum atomic E-state index is -4.35. The van der Waals surface area contributed by atoms with Crippen LogP contribution in [0.3, 0.4) is 0 Å². The molecule has 1 atom stereocenters. The molecule has 2 aromatic carbocycles. The van der Waals surface area contributed by atoms with E-state index in [0.29, 0.717) is 22.0 Å². The maximum Gasteiger partial charge on any atom is 0.341 e. The van der Waals surface area contributed by atoms with Crippen LogP contribution < -0.4 is 4.18 Å². The maximum atomic E-state index is 13.5. The van der Waals surface area contributed by atoms with Gasteiger partial charge in [0.15, 0.2) is 11.1 Å². The molecule has 0 radical (unpaired) electrons. The summed E-state index contributed by atoms with van der Waals surface area (Å²) in [6, 6.07) is 14.8. The number of carboxylic acid groups (broad SMARTS) is 1. The first-order valence-electron chi connectivity index (χ1n) is 9.65. The zero-order valence-corrected chi connectivity index (χ0v) is 19.7. The van der Waals surface area contributed by atoms with E-state index >= 15 is 0 Å². The standard InChI is InChI=1S/C22H19NO7S3/c1-14-22(33(28,29)30-16-9-7-15(8-10-16)13-32(26)27)21-17(19-6-3-11-31-19)4-2-5-18(21)23(14)12-20(24)25/h2-11H,12-13H2,1H3,(H,24,25)(H,26,27). The molecule has 0 aliphatic heterocycles. The van der Waals surface area contributed by atoms with E-state index in [1.165, 1.54) is 40.2 Å². The largest absolute Gasteiger partial charge is 0.480 e. The van der Waals surface area contributed by atoms with Gasteiger partial charge in [-0.1, -0.05) is 30.3 Å². The number of rotatable bonds is 8. The Kier molecular flexibility index (Phi) is 6.39. The van der Waals surface area contributed by atoms with Gasteiger partial charge < -0.3 is 18.4 Å². The maximum absolute atomic E-state index is 13.5. The number of thiophene rings is 1. The van der Waals surface area contributed by atoms with Crippen molar-refractivity contribution >= 4 is 49.4 Å². The molecular formula is C22H19NO7S3. The van der Waals surface area contributed by atoms with Crippen LogP contribution in [0.4, 0.5) is 0 Å². The molecule has 2 N–H and O–H groups in total. The van der Waals surface area contributed by atoms with Crippen molar-refractivity contribution in [2.75, 3.05) is 0 Å². The van der Waals surface area contributed by atoms with Gasteiger partial charge in [-0.2, -0.15) is 8.42 Å². The number of aliphatic carboxylic acids is 1. The highest BCUT2D eigenvalue weighted by atomic mass is 32.2. The van der Waals surface area contributed by atoms with E-state index in [1.54, 1.807) is 25.1 Å². The predicted octanol–water partition coefficient (Wildman–Crippen LogP) is 4.25. The summed E-state index contributed by atoms with van der Waals surface area (Å²) in [6.45, 7) is 1.15. The lowest BCUT2D eigenvalue weighted by Gasteiger charge is -2.10. The molecule has 0 bridgehead atoms. The van der Waals surface area contributed by atoms with Crippen LogP contribution in [0, 0.1) is 6.92 Å². The molecule has 0 saturated heterocycles. The zero-order valence-electron chi connectivity index (χ0n) is 17.3. The van der Waals surface area contributed by atoms with E-state index < -0.39 is 33.7 Å². The molecule has 11 heteroatoms. The number of fused-ring (bicyclic) bond motifs is 1. The summed E-state index contributed by atoms with van der Waals surface area (Å²) in [7, 11) is -4.35. The molecule has 0 saturated carbocycles. The Morgan fingerprint density at radius 1 is 1.12 bits per heavy atom. The third-order valence-corrected chi connectivity index (χ3v) is 7.94. The van der Waals surface area contributed by atoms with Crippen LogP contribution >= 0.6 is 11.3 Å². The molecule has 4 aromatic rings. The molecule has 0 spiro atoms. The normalized spacial score (nSPS) is 12.7. The van der Waals surface area contributed by atoms with Crippen molar-refractivity contribution in [1.29, 1.82) is 0 Å². The van der Waals surface area contributed by atoms with Gasteiger partial charge in [0.25, 0.3) is 0 Å². The highest BCUT2D eigenvalue weighted by Gasteiger charge is 2.30. The molecule has 172 valence electrons. The number of hydrogen-bond acceptors (Lipinski definition) is 6. The lowest BCUT2D eigenvalue weighted by Crippen LogP contribution is -2.13. The quantitative estimate of drug-likeness (QED) is 0.271. The summed E-state index contributed by atoms with van der Waals surface area (Å²) in [6.07, 6.45) is 0. The summed E-state index contributed by atoms with van der Waals surface area (Å²) >= 11 is -0.576. The predicted molar refractivity (Wildman–Crippen MR) is 126 cm³/mol. The Hall–Kier alpha value is -2.99. The fourth-order valence-corrected chi connectivity index (χ4v) is 6.34. The number of aromatic nitrogens is 1. The SMILES string of the molecule is Cc1c(S(=O)(=O)Oc2ccc(CS(=O)O)cc2)c2c(-c3cccs3)cccc2n1CC(=O)O. The van der Waals surface area contributed by atoms with Crippen molar-refractivity contribution in [3.63, 3.8) is 0 Å². The Bertz CT molecular complexity index is 1450. The average molecular weight is 506 g/mol. The molecule has 2 heterocycles. The van der Waals surface area contributed by atoms with Gasteiger partial charge in [0.2, 0.25) is 0 Å². The van der Waals surface area contributed by atoms with E-state index in [9.17, 15) is 22.5 Å². The van der Waals surface area contributed by atoms with Crippen LogP contribution in [0.2, 0.25) is 0 Å². The Morgan fingerprint density at radius 3 is 2.45 bits per heavy atom. The minimum absolute atomic E-state index is 0.0367. The number of carbonyl (C=O) groups is 1. The number of benzene rings is 2. The summed E-state index contributed by atoms with van der Waals surface area (Å²) in [5, 5.41) is 11.7. The van der Waals surface area contributed by atoms with E-state index in [1.807, 2.05) is 17.5 Å². The van der Waals surface area contributed by atoms with Crippen LogP contribution in [0.5, 0.6) is 5.75 Å². The minimum Gasteiger partial charge on any atom is -0.480 e. The fraction of sp³-hybridized carbons (Fsp3) is 0.136. The average Bonchev–Trinajstić information content (AvgIpc) is 3.36. The fourth-order valence-electron chi connectivity index (χ4n) is 3.72. The van der Waals surface area contributed by atoms with Crippen molar-refractivity contribution in [2.24, 2.45) is 0 Å². The molecule has 33 heavy (non-hydrogen) atoms. The van der Waals surface area contributed by atoms with Gasteiger partial charge >= 0.3 is 16.1 Å². The third-order valence-electron chi connectivity index (χ3n) is 5.04. The van der Waals surface area contributed by atoms with Crippen molar-refractivity contribution in [2.45, 2.75) is 24.1 Å². The molecule has 2 aromatic heterocycles. The van der Waals surface area contributed by atoms with Gasteiger partial charge in [-0.3, -0.25) is 4.79 Å². The molecule has 8 nitrogen and oxygen atoms in total. The van der Waals surface area contributed by atoms with Gasteiger partial charge in [-0.15, -0.1) is 11.3 Å². The summed E-state index contributed by atoms with van der Waals surface area (Å²) in [4.78, 5) is 12.2. The van der Waals surface area contributed by atoms with Crippen LogP contribution in [-0.2, 0) is 38.3 Å². The Balaban J connectivity index is 1.87. The van der Waals surface area contributed by atoms with E-state index in [-0.39, 0.29) is 22.1 Å².